The summed E-state index contributed by atoms with van der Waals surface area (Å²) in [5.74, 6) is 1.75. The van der Waals surface area contributed by atoms with Crippen molar-refractivity contribution in [3.05, 3.63) is 0 Å². The Kier molecular flexibility index (Phi) is 4.54. The summed E-state index contributed by atoms with van der Waals surface area (Å²) in [6.07, 6.45) is 6.58. The normalized spacial score (nSPS) is 27.9. The molecule has 2 rings (SSSR count). The molecular formula is C16H30N2O. The van der Waals surface area contributed by atoms with E-state index in [4.69, 9.17) is 5.73 Å². The van der Waals surface area contributed by atoms with Gasteiger partial charge in [0.15, 0.2) is 0 Å². The van der Waals surface area contributed by atoms with Crippen molar-refractivity contribution in [3.63, 3.8) is 0 Å². The summed E-state index contributed by atoms with van der Waals surface area (Å²) in [6.45, 7) is 8.53. The van der Waals surface area contributed by atoms with Crippen molar-refractivity contribution in [2.45, 2.75) is 65.3 Å². The van der Waals surface area contributed by atoms with Crippen LogP contribution in [0.3, 0.4) is 0 Å². The number of carbonyl (C=O) groups excluding carboxylic acids is 1. The largest absolute Gasteiger partial charge is 0.339 e. The molecule has 3 unspecified atom stereocenters. The average Bonchev–Trinajstić information content (AvgIpc) is 2.94. The molecule has 2 aliphatic rings. The van der Waals surface area contributed by atoms with Crippen LogP contribution in [0.2, 0.25) is 0 Å². The molecule has 3 heteroatoms. The minimum atomic E-state index is 0.254. The quantitative estimate of drug-likeness (QED) is 0.831. The molecule has 1 aliphatic carbocycles. The molecule has 0 spiro atoms. The summed E-state index contributed by atoms with van der Waals surface area (Å²) in [4.78, 5) is 14.5. The van der Waals surface area contributed by atoms with Crippen molar-refractivity contribution in [2.75, 3.05) is 13.1 Å². The molecule has 3 nitrogen and oxygen atoms in total. The van der Waals surface area contributed by atoms with Crippen molar-refractivity contribution in [1.29, 1.82) is 0 Å². The molecule has 1 saturated heterocycles. The van der Waals surface area contributed by atoms with Gasteiger partial charge >= 0.3 is 0 Å². The van der Waals surface area contributed by atoms with Crippen molar-refractivity contribution < 1.29 is 4.79 Å². The molecule has 2 N–H and O–H groups in total. The maximum Gasteiger partial charge on any atom is 0.222 e. The third-order valence-corrected chi connectivity index (χ3v) is 5.18. The van der Waals surface area contributed by atoms with Gasteiger partial charge in [0.1, 0.15) is 0 Å². The smallest absolute Gasteiger partial charge is 0.222 e. The van der Waals surface area contributed by atoms with E-state index in [-0.39, 0.29) is 5.41 Å². The van der Waals surface area contributed by atoms with Crippen LogP contribution in [0.15, 0.2) is 0 Å². The van der Waals surface area contributed by atoms with Gasteiger partial charge in [-0.1, -0.05) is 20.8 Å². The van der Waals surface area contributed by atoms with E-state index >= 15 is 0 Å². The average molecular weight is 266 g/mol. The first kappa shape index (κ1) is 14.8. The number of fused-ring (bicyclic) bond motifs is 2. The van der Waals surface area contributed by atoms with Gasteiger partial charge in [-0.2, -0.15) is 0 Å². The number of likely N-dealkylation sites (tertiary alicyclic amines) is 1. The van der Waals surface area contributed by atoms with Gasteiger partial charge in [-0.15, -0.1) is 0 Å². The van der Waals surface area contributed by atoms with E-state index in [1.807, 2.05) is 0 Å². The van der Waals surface area contributed by atoms with Crippen LogP contribution >= 0.6 is 0 Å². The number of piperidine rings is 1. The molecule has 0 aromatic rings. The Labute approximate surface area is 117 Å². The first-order valence-corrected chi connectivity index (χ1v) is 7.91. The molecule has 2 fully saturated rings. The molecule has 1 saturated carbocycles. The van der Waals surface area contributed by atoms with Crippen LogP contribution in [-0.2, 0) is 4.79 Å². The predicted octanol–water partition coefficient (Wildman–Crippen LogP) is 2.79. The Morgan fingerprint density at radius 2 is 2.05 bits per heavy atom. The van der Waals surface area contributed by atoms with Crippen molar-refractivity contribution in [2.24, 2.45) is 23.0 Å². The first-order valence-electron chi connectivity index (χ1n) is 7.91. The van der Waals surface area contributed by atoms with Gasteiger partial charge in [-0.25, -0.2) is 0 Å². The third kappa shape index (κ3) is 3.50. The molecule has 1 aliphatic heterocycles. The first-order chi connectivity index (χ1) is 8.91. The number of amides is 1. The fourth-order valence-corrected chi connectivity index (χ4v) is 3.88. The van der Waals surface area contributed by atoms with Gasteiger partial charge in [0.05, 0.1) is 0 Å². The summed E-state index contributed by atoms with van der Waals surface area (Å²) in [7, 11) is 0. The zero-order valence-electron chi connectivity index (χ0n) is 12.8. The SMILES string of the molecule is CC(C)(C)C(CCN)CCC(=O)N1CC2CCC1C2. The number of nitrogens with two attached hydrogens (primary N) is 1. The van der Waals surface area contributed by atoms with Crippen LogP contribution < -0.4 is 5.73 Å². The molecule has 1 heterocycles. The van der Waals surface area contributed by atoms with Gasteiger partial charge in [0.2, 0.25) is 5.91 Å². The van der Waals surface area contributed by atoms with Crippen LogP contribution in [0.1, 0.15) is 59.3 Å². The molecule has 3 atom stereocenters. The van der Waals surface area contributed by atoms with E-state index in [9.17, 15) is 4.79 Å². The van der Waals surface area contributed by atoms with E-state index in [0.717, 1.165) is 31.8 Å². The highest BCUT2D eigenvalue weighted by molar-refractivity contribution is 5.77. The lowest BCUT2D eigenvalue weighted by Crippen LogP contribution is -2.38. The van der Waals surface area contributed by atoms with E-state index in [1.54, 1.807) is 0 Å². The van der Waals surface area contributed by atoms with Crippen LogP contribution in [0, 0.1) is 17.3 Å². The Morgan fingerprint density at radius 3 is 2.53 bits per heavy atom. The second-order valence-electron chi connectivity index (χ2n) is 7.56. The van der Waals surface area contributed by atoms with Gasteiger partial charge in [-0.3, -0.25) is 4.79 Å². The number of hydrogen-bond acceptors (Lipinski definition) is 2. The standard InChI is InChI=1S/C16H30N2O/c1-16(2,3)13(8-9-17)5-7-15(19)18-11-12-4-6-14(18)10-12/h12-14H,4-11,17H2,1-3H3. The number of carbonyl (C=O) groups is 1. The number of rotatable bonds is 5. The van der Waals surface area contributed by atoms with E-state index < -0.39 is 0 Å². The Balaban J connectivity index is 1.82. The monoisotopic (exact) mass is 266 g/mol. The van der Waals surface area contributed by atoms with E-state index in [1.165, 1.54) is 19.3 Å². The summed E-state index contributed by atoms with van der Waals surface area (Å²) in [6, 6.07) is 0.570. The van der Waals surface area contributed by atoms with Gasteiger partial charge in [0, 0.05) is 19.0 Å². The highest BCUT2D eigenvalue weighted by atomic mass is 16.2. The lowest BCUT2D eigenvalue weighted by atomic mass is 9.76. The molecule has 0 aromatic heterocycles. The zero-order chi connectivity index (χ0) is 14.0. The van der Waals surface area contributed by atoms with Gasteiger partial charge in [0.25, 0.3) is 0 Å². The second-order valence-corrected chi connectivity index (χ2v) is 7.56. The third-order valence-electron chi connectivity index (χ3n) is 5.18. The molecular weight excluding hydrogens is 236 g/mol. The maximum absolute atomic E-state index is 12.4. The summed E-state index contributed by atoms with van der Waals surface area (Å²) < 4.78 is 0. The van der Waals surface area contributed by atoms with Crippen molar-refractivity contribution >= 4 is 5.91 Å². The lowest BCUT2D eigenvalue weighted by molar-refractivity contribution is -0.133. The molecule has 1 amide bonds. The van der Waals surface area contributed by atoms with Crippen LogP contribution in [0.5, 0.6) is 0 Å². The molecule has 110 valence electrons. The minimum absolute atomic E-state index is 0.254. The fourth-order valence-electron chi connectivity index (χ4n) is 3.88. The van der Waals surface area contributed by atoms with Crippen molar-refractivity contribution in [3.8, 4) is 0 Å². The van der Waals surface area contributed by atoms with Crippen LogP contribution in [0.25, 0.3) is 0 Å². The van der Waals surface area contributed by atoms with E-state index in [0.29, 0.717) is 24.3 Å². The highest BCUT2D eigenvalue weighted by Gasteiger charge is 2.40. The Bertz CT molecular complexity index is 321. The van der Waals surface area contributed by atoms with Gasteiger partial charge in [-0.05, 0) is 55.9 Å². The summed E-state index contributed by atoms with van der Waals surface area (Å²) in [5.41, 5.74) is 5.96. The highest BCUT2D eigenvalue weighted by Crippen LogP contribution is 2.38. The molecule has 2 bridgehead atoms. The van der Waals surface area contributed by atoms with E-state index in [2.05, 4.69) is 25.7 Å². The Morgan fingerprint density at radius 1 is 1.32 bits per heavy atom. The van der Waals surface area contributed by atoms with Gasteiger partial charge < -0.3 is 10.6 Å². The Hall–Kier alpha value is -0.570. The maximum atomic E-state index is 12.4. The summed E-state index contributed by atoms with van der Waals surface area (Å²) in [5, 5.41) is 0. The predicted molar refractivity (Wildman–Crippen MR) is 78.7 cm³/mol. The second kappa shape index (κ2) is 5.82. The zero-order valence-corrected chi connectivity index (χ0v) is 12.8. The van der Waals surface area contributed by atoms with Crippen LogP contribution in [0.4, 0.5) is 0 Å². The van der Waals surface area contributed by atoms with Crippen molar-refractivity contribution in [1.82, 2.24) is 4.90 Å². The molecule has 0 aromatic carbocycles. The molecule has 0 radical (unpaired) electrons. The molecule has 19 heavy (non-hydrogen) atoms. The van der Waals surface area contributed by atoms with Crippen LogP contribution in [-0.4, -0.2) is 29.9 Å². The topological polar surface area (TPSA) is 46.3 Å². The minimum Gasteiger partial charge on any atom is -0.339 e. The number of hydrogen-bond donors (Lipinski definition) is 1. The fraction of sp³-hybridized carbons (Fsp3) is 0.938. The summed E-state index contributed by atoms with van der Waals surface area (Å²) >= 11 is 0. The number of nitrogens with zero attached hydrogens (tertiary/aromatic N) is 1. The lowest BCUT2D eigenvalue weighted by Gasteiger charge is -2.32.